The second-order valence-corrected chi connectivity index (χ2v) is 5.59. The van der Waals surface area contributed by atoms with Gasteiger partial charge in [-0.3, -0.25) is 0 Å². The first kappa shape index (κ1) is 13.8. The number of nitriles is 1. The molecule has 5 nitrogen and oxygen atoms in total. The first-order chi connectivity index (χ1) is 7.76. The molecular weight excluding hydrogens is 218 g/mol. The number of ether oxygens (including phenoxy) is 1. The van der Waals surface area contributed by atoms with E-state index < -0.39 is 11.1 Å². The summed E-state index contributed by atoms with van der Waals surface area (Å²) in [5.74, 6) is 0. The smallest absolute Gasteiger partial charge is 0.410 e. The first-order valence-corrected chi connectivity index (χ1v) is 5.94. The molecule has 1 fully saturated rings. The fourth-order valence-electron chi connectivity index (χ4n) is 1.78. The van der Waals surface area contributed by atoms with Gasteiger partial charge < -0.3 is 15.4 Å². The summed E-state index contributed by atoms with van der Waals surface area (Å²) in [6, 6.07) is 2.13. The average molecular weight is 239 g/mol. The second kappa shape index (κ2) is 4.92. The largest absolute Gasteiger partial charge is 0.444 e. The Bertz CT molecular complexity index is 330. The maximum absolute atomic E-state index is 11.8. The van der Waals surface area contributed by atoms with E-state index in [4.69, 9.17) is 15.7 Å². The summed E-state index contributed by atoms with van der Waals surface area (Å²) < 4.78 is 5.30. The van der Waals surface area contributed by atoms with Crippen molar-refractivity contribution in [1.82, 2.24) is 4.90 Å². The molecule has 2 N–H and O–H groups in total. The zero-order valence-corrected chi connectivity index (χ0v) is 10.8. The predicted molar refractivity (Wildman–Crippen MR) is 64.2 cm³/mol. The lowest BCUT2D eigenvalue weighted by molar-refractivity contribution is 0.0255. The zero-order valence-electron chi connectivity index (χ0n) is 10.8. The van der Waals surface area contributed by atoms with Crippen LogP contribution < -0.4 is 5.73 Å². The third-order valence-electron chi connectivity index (χ3n) is 2.75. The Labute approximate surface area is 103 Å². The monoisotopic (exact) mass is 239 g/mol. The first-order valence-electron chi connectivity index (χ1n) is 5.94. The van der Waals surface area contributed by atoms with Crippen molar-refractivity contribution in [2.45, 2.75) is 51.2 Å². The average Bonchev–Trinajstić information content (AvgIpc) is 2.39. The number of carbonyl (C=O) groups is 1. The minimum Gasteiger partial charge on any atom is -0.444 e. The van der Waals surface area contributed by atoms with Gasteiger partial charge in [-0.05, 0) is 40.0 Å². The van der Waals surface area contributed by atoms with E-state index in [2.05, 4.69) is 6.07 Å². The van der Waals surface area contributed by atoms with Crippen molar-refractivity contribution >= 4 is 6.09 Å². The van der Waals surface area contributed by atoms with Gasteiger partial charge in [0.05, 0.1) is 6.07 Å². The van der Waals surface area contributed by atoms with Crippen LogP contribution in [-0.2, 0) is 4.74 Å². The van der Waals surface area contributed by atoms with Crippen LogP contribution >= 0.6 is 0 Å². The SMILES string of the molecule is CC(C)(C)OC(=O)N1CCCC(N)(C#N)CC1. The lowest BCUT2D eigenvalue weighted by Crippen LogP contribution is -2.41. The fraction of sp³-hybridized carbons (Fsp3) is 0.833. The molecule has 96 valence electrons. The molecule has 1 aliphatic rings. The maximum Gasteiger partial charge on any atom is 0.410 e. The van der Waals surface area contributed by atoms with Crippen molar-refractivity contribution in [1.29, 1.82) is 5.26 Å². The summed E-state index contributed by atoms with van der Waals surface area (Å²) >= 11 is 0. The van der Waals surface area contributed by atoms with Crippen LogP contribution in [0.3, 0.4) is 0 Å². The molecule has 1 amide bonds. The molecule has 1 heterocycles. The lowest BCUT2D eigenvalue weighted by atomic mass is 9.94. The highest BCUT2D eigenvalue weighted by Crippen LogP contribution is 2.20. The minimum atomic E-state index is -0.795. The number of hydrogen-bond acceptors (Lipinski definition) is 4. The Morgan fingerprint density at radius 3 is 2.59 bits per heavy atom. The van der Waals surface area contributed by atoms with Crippen LogP contribution in [0.1, 0.15) is 40.0 Å². The molecule has 0 aliphatic carbocycles. The zero-order chi connectivity index (χ0) is 13.1. The van der Waals surface area contributed by atoms with Crippen molar-refractivity contribution in [3.8, 4) is 6.07 Å². The summed E-state index contributed by atoms with van der Waals surface area (Å²) in [5.41, 5.74) is 4.63. The van der Waals surface area contributed by atoms with Gasteiger partial charge in [0.1, 0.15) is 11.1 Å². The number of nitrogens with zero attached hydrogens (tertiary/aromatic N) is 2. The topological polar surface area (TPSA) is 79.3 Å². The van der Waals surface area contributed by atoms with Crippen LogP contribution in [0, 0.1) is 11.3 Å². The molecule has 5 heteroatoms. The van der Waals surface area contributed by atoms with Crippen LogP contribution in [0.15, 0.2) is 0 Å². The van der Waals surface area contributed by atoms with Crippen molar-refractivity contribution in [2.24, 2.45) is 5.73 Å². The standard InChI is InChI=1S/C12H21N3O2/c1-11(2,3)17-10(16)15-7-4-5-12(14,9-13)6-8-15/h4-8,14H2,1-3H3. The van der Waals surface area contributed by atoms with E-state index in [0.717, 1.165) is 6.42 Å². The van der Waals surface area contributed by atoms with Gasteiger partial charge in [-0.15, -0.1) is 0 Å². The van der Waals surface area contributed by atoms with Crippen molar-refractivity contribution in [2.75, 3.05) is 13.1 Å². The fourth-order valence-corrected chi connectivity index (χ4v) is 1.78. The van der Waals surface area contributed by atoms with Gasteiger partial charge in [0.15, 0.2) is 0 Å². The van der Waals surface area contributed by atoms with E-state index in [1.54, 1.807) is 4.90 Å². The van der Waals surface area contributed by atoms with Gasteiger partial charge in [-0.25, -0.2) is 4.79 Å². The molecular formula is C12H21N3O2. The number of hydrogen-bond donors (Lipinski definition) is 1. The van der Waals surface area contributed by atoms with E-state index in [0.29, 0.717) is 25.9 Å². The summed E-state index contributed by atoms with van der Waals surface area (Å²) in [5, 5.41) is 8.98. The molecule has 17 heavy (non-hydrogen) atoms. The highest BCUT2D eigenvalue weighted by molar-refractivity contribution is 5.68. The lowest BCUT2D eigenvalue weighted by Gasteiger charge is -2.26. The summed E-state index contributed by atoms with van der Waals surface area (Å²) in [7, 11) is 0. The van der Waals surface area contributed by atoms with E-state index in [1.807, 2.05) is 20.8 Å². The third kappa shape index (κ3) is 4.23. The molecule has 0 aromatic heterocycles. The molecule has 0 saturated carbocycles. The number of rotatable bonds is 0. The number of nitrogens with two attached hydrogens (primary N) is 1. The van der Waals surface area contributed by atoms with Crippen LogP contribution in [0.25, 0.3) is 0 Å². The van der Waals surface area contributed by atoms with Gasteiger partial charge in [-0.1, -0.05) is 0 Å². The van der Waals surface area contributed by atoms with Crippen LogP contribution in [0.2, 0.25) is 0 Å². The molecule has 0 aromatic rings. The molecule has 0 radical (unpaired) electrons. The Morgan fingerprint density at radius 1 is 1.41 bits per heavy atom. The van der Waals surface area contributed by atoms with E-state index in [1.165, 1.54) is 0 Å². The summed E-state index contributed by atoms with van der Waals surface area (Å²) in [4.78, 5) is 13.5. The third-order valence-corrected chi connectivity index (χ3v) is 2.75. The summed E-state index contributed by atoms with van der Waals surface area (Å²) in [6.45, 7) is 6.61. The molecule has 0 aromatic carbocycles. The van der Waals surface area contributed by atoms with E-state index in [9.17, 15) is 4.79 Å². The molecule has 1 saturated heterocycles. The van der Waals surface area contributed by atoms with E-state index in [-0.39, 0.29) is 6.09 Å². The quantitative estimate of drug-likeness (QED) is 0.696. The second-order valence-electron chi connectivity index (χ2n) is 5.59. The molecule has 0 bridgehead atoms. The van der Waals surface area contributed by atoms with Crippen LogP contribution in [-0.4, -0.2) is 35.2 Å². The Hall–Kier alpha value is -1.28. The minimum absolute atomic E-state index is 0.320. The maximum atomic E-state index is 11.8. The molecule has 1 rings (SSSR count). The molecule has 1 atom stereocenters. The normalized spacial score (nSPS) is 25.9. The van der Waals surface area contributed by atoms with E-state index >= 15 is 0 Å². The molecule has 0 spiro atoms. The Kier molecular flexibility index (Phi) is 3.99. The Balaban J connectivity index is 2.58. The van der Waals surface area contributed by atoms with Gasteiger partial charge >= 0.3 is 6.09 Å². The van der Waals surface area contributed by atoms with Gasteiger partial charge in [0.2, 0.25) is 0 Å². The van der Waals surface area contributed by atoms with Crippen molar-refractivity contribution in [3.05, 3.63) is 0 Å². The number of amides is 1. The summed E-state index contributed by atoms with van der Waals surface area (Å²) in [6.07, 6.45) is 1.55. The molecule has 1 unspecified atom stereocenters. The van der Waals surface area contributed by atoms with Gasteiger partial charge in [0.25, 0.3) is 0 Å². The molecule has 1 aliphatic heterocycles. The van der Waals surface area contributed by atoms with Gasteiger partial charge in [0, 0.05) is 13.1 Å². The van der Waals surface area contributed by atoms with Crippen LogP contribution in [0.4, 0.5) is 4.79 Å². The van der Waals surface area contributed by atoms with Crippen molar-refractivity contribution < 1.29 is 9.53 Å². The highest BCUT2D eigenvalue weighted by atomic mass is 16.6. The number of likely N-dealkylation sites (tertiary alicyclic amines) is 1. The predicted octanol–water partition coefficient (Wildman–Crippen LogP) is 1.63. The van der Waals surface area contributed by atoms with Crippen LogP contribution in [0.5, 0.6) is 0 Å². The van der Waals surface area contributed by atoms with Crippen molar-refractivity contribution in [3.63, 3.8) is 0 Å². The number of carbonyl (C=O) groups excluding carboxylic acids is 1. The Morgan fingerprint density at radius 2 is 2.06 bits per heavy atom. The van der Waals surface area contributed by atoms with Gasteiger partial charge in [-0.2, -0.15) is 5.26 Å². The highest BCUT2D eigenvalue weighted by Gasteiger charge is 2.31.